The monoisotopic (exact) mass is 483 g/mol. The van der Waals surface area contributed by atoms with Crippen LogP contribution < -0.4 is 10.6 Å². The van der Waals surface area contributed by atoms with Gasteiger partial charge < -0.3 is 25.4 Å². The number of hydrogen-bond acceptors (Lipinski definition) is 4. The van der Waals surface area contributed by atoms with E-state index in [1.165, 1.54) is 0 Å². The quantitative estimate of drug-likeness (QED) is 0.431. The summed E-state index contributed by atoms with van der Waals surface area (Å²) >= 11 is 0. The van der Waals surface area contributed by atoms with E-state index in [4.69, 9.17) is 4.74 Å². The SMILES string of the molecule is CC(C)CCN(C(=O)NC[C@@H](O)[C@H](Cc1ccccc1)NC(=O)OCc1ccccc1)C(C)(C)C. The molecule has 0 fully saturated rings. The molecular formula is C28H41N3O4. The Labute approximate surface area is 209 Å². The Morgan fingerprint density at radius 1 is 0.971 bits per heavy atom. The number of benzene rings is 2. The summed E-state index contributed by atoms with van der Waals surface area (Å²) in [6.45, 7) is 11.0. The van der Waals surface area contributed by atoms with Gasteiger partial charge in [0.25, 0.3) is 0 Å². The lowest BCUT2D eigenvalue weighted by Gasteiger charge is -2.36. The second kappa shape index (κ2) is 13.7. The van der Waals surface area contributed by atoms with Crippen molar-refractivity contribution in [1.29, 1.82) is 0 Å². The molecule has 0 radical (unpaired) electrons. The minimum absolute atomic E-state index is 0.00353. The Kier molecular flexibility index (Phi) is 11.1. The number of carbonyl (C=O) groups excluding carboxylic acids is 2. The number of rotatable bonds is 11. The van der Waals surface area contributed by atoms with Crippen LogP contribution in [-0.2, 0) is 17.8 Å². The molecule has 0 saturated carbocycles. The van der Waals surface area contributed by atoms with E-state index < -0.39 is 18.2 Å². The van der Waals surface area contributed by atoms with Crippen LogP contribution in [-0.4, -0.2) is 52.9 Å². The summed E-state index contributed by atoms with van der Waals surface area (Å²) in [4.78, 5) is 27.3. The highest BCUT2D eigenvalue weighted by Crippen LogP contribution is 2.16. The summed E-state index contributed by atoms with van der Waals surface area (Å²) in [5, 5.41) is 16.6. The Balaban J connectivity index is 2.01. The van der Waals surface area contributed by atoms with Gasteiger partial charge in [-0.15, -0.1) is 0 Å². The van der Waals surface area contributed by atoms with E-state index in [2.05, 4.69) is 24.5 Å². The van der Waals surface area contributed by atoms with Crippen LogP contribution in [0.4, 0.5) is 9.59 Å². The molecule has 2 aromatic rings. The molecule has 0 unspecified atom stereocenters. The van der Waals surface area contributed by atoms with Crippen LogP contribution >= 0.6 is 0 Å². The van der Waals surface area contributed by atoms with Crippen molar-refractivity contribution in [1.82, 2.24) is 15.5 Å². The molecule has 2 atom stereocenters. The van der Waals surface area contributed by atoms with E-state index in [0.717, 1.165) is 17.5 Å². The number of carbonyl (C=O) groups is 2. The maximum absolute atomic E-state index is 13.0. The van der Waals surface area contributed by atoms with E-state index in [-0.39, 0.29) is 24.7 Å². The molecule has 0 aliphatic carbocycles. The largest absolute Gasteiger partial charge is 0.445 e. The molecule has 0 aliphatic heterocycles. The first-order valence-electron chi connectivity index (χ1n) is 12.3. The minimum atomic E-state index is -1.00. The van der Waals surface area contributed by atoms with Gasteiger partial charge in [-0.1, -0.05) is 74.5 Å². The topological polar surface area (TPSA) is 90.9 Å². The summed E-state index contributed by atoms with van der Waals surface area (Å²) in [6, 6.07) is 18.1. The van der Waals surface area contributed by atoms with Crippen LogP contribution in [0.3, 0.4) is 0 Å². The predicted molar refractivity (Wildman–Crippen MR) is 139 cm³/mol. The van der Waals surface area contributed by atoms with Crippen molar-refractivity contribution < 1.29 is 19.4 Å². The summed E-state index contributed by atoms with van der Waals surface area (Å²) in [5.74, 6) is 0.472. The Hall–Kier alpha value is -3.06. The van der Waals surface area contributed by atoms with Crippen molar-refractivity contribution >= 4 is 12.1 Å². The summed E-state index contributed by atoms with van der Waals surface area (Å²) in [6.07, 6.45) is -0.336. The first kappa shape index (κ1) is 28.2. The van der Waals surface area contributed by atoms with Crippen molar-refractivity contribution in [2.45, 2.75) is 71.8 Å². The van der Waals surface area contributed by atoms with Gasteiger partial charge in [0.15, 0.2) is 0 Å². The highest BCUT2D eigenvalue weighted by atomic mass is 16.5. The predicted octanol–water partition coefficient (Wildman–Crippen LogP) is 4.74. The third kappa shape index (κ3) is 10.4. The molecule has 3 N–H and O–H groups in total. The second-order valence-electron chi connectivity index (χ2n) is 10.3. The average Bonchev–Trinajstić information content (AvgIpc) is 2.81. The number of amides is 3. The molecule has 0 saturated heterocycles. The molecule has 0 spiro atoms. The van der Waals surface area contributed by atoms with Gasteiger partial charge in [-0.3, -0.25) is 0 Å². The molecule has 0 aliphatic rings. The first-order valence-corrected chi connectivity index (χ1v) is 12.3. The van der Waals surface area contributed by atoms with Crippen molar-refractivity contribution in [3.05, 3.63) is 71.8 Å². The number of aliphatic hydroxyl groups is 1. The van der Waals surface area contributed by atoms with Crippen LogP contribution in [0.25, 0.3) is 0 Å². The lowest BCUT2D eigenvalue weighted by molar-refractivity contribution is 0.0967. The summed E-state index contributed by atoms with van der Waals surface area (Å²) in [5.41, 5.74) is 1.48. The molecule has 7 nitrogen and oxygen atoms in total. The van der Waals surface area contributed by atoms with Gasteiger partial charge in [-0.25, -0.2) is 9.59 Å². The maximum atomic E-state index is 13.0. The molecule has 2 aromatic carbocycles. The van der Waals surface area contributed by atoms with Crippen LogP contribution in [0.15, 0.2) is 60.7 Å². The average molecular weight is 484 g/mol. The van der Waals surface area contributed by atoms with Gasteiger partial charge in [0.1, 0.15) is 6.61 Å². The number of aliphatic hydroxyl groups excluding tert-OH is 1. The van der Waals surface area contributed by atoms with E-state index >= 15 is 0 Å². The lowest BCUT2D eigenvalue weighted by atomic mass is 10.0. The van der Waals surface area contributed by atoms with Gasteiger partial charge in [-0.2, -0.15) is 0 Å². The zero-order chi connectivity index (χ0) is 25.8. The molecule has 0 bridgehead atoms. The lowest BCUT2D eigenvalue weighted by Crippen LogP contribution is -2.54. The first-order chi connectivity index (χ1) is 16.6. The Morgan fingerprint density at radius 2 is 1.54 bits per heavy atom. The maximum Gasteiger partial charge on any atom is 0.407 e. The molecule has 0 heterocycles. The number of hydrogen-bond donors (Lipinski definition) is 3. The Bertz CT molecular complexity index is 897. The van der Waals surface area contributed by atoms with Crippen LogP contribution in [0, 0.1) is 5.92 Å². The molecular weight excluding hydrogens is 442 g/mol. The highest BCUT2D eigenvalue weighted by Gasteiger charge is 2.28. The van der Waals surface area contributed by atoms with Gasteiger partial charge in [0.05, 0.1) is 12.1 Å². The fraction of sp³-hybridized carbons (Fsp3) is 0.500. The summed E-state index contributed by atoms with van der Waals surface area (Å²) in [7, 11) is 0. The van der Waals surface area contributed by atoms with Crippen LogP contribution in [0.1, 0.15) is 52.2 Å². The fourth-order valence-electron chi connectivity index (χ4n) is 3.63. The van der Waals surface area contributed by atoms with Gasteiger partial charge in [-0.05, 0) is 50.7 Å². The zero-order valence-electron chi connectivity index (χ0n) is 21.7. The Morgan fingerprint density at radius 3 is 2.09 bits per heavy atom. The third-order valence-electron chi connectivity index (χ3n) is 5.73. The van der Waals surface area contributed by atoms with Crippen molar-refractivity contribution in [3.63, 3.8) is 0 Å². The minimum Gasteiger partial charge on any atom is -0.445 e. The van der Waals surface area contributed by atoms with Crippen molar-refractivity contribution in [2.24, 2.45) is 5.92 Å². The van der Waals surface area contributed by atoms with Crippen molar-refractivity contribution in [3.8, 4) is 0 Å². The van der Waals surface area contributed by atoms with E-state index in [1.807, 2.05) is 81.4 Å². The van der Waals surface area contributed by atoms with E-state index in [9.17, 15) is 14.7 Å². The van der Waals surface area contributed by atoms with Gasteiger partial charge in [0, 0.05) is 18.6 Å². The highest BCUT2D eigenvalue weighted by molar-refractivity contribution is 5.75. The van der Waals surface area contributed by atoms with Crippen LogP contribution in [0.2, 0.25) is 0 Å². The van der Waals surface area contributed by atoms with E-state index in [0.29, 0.717) is 18.9 Å². The summed E-state index contributed by atoms with van der Waals surface area (Å²) < 4.78 is 5.35. The van der Waals surface area contributed by atoms with E-state index in [1.54, 1.807) is 4.90 Å². The number of alkyl carbamates (subject to hydrolysis) is 1. The van der Waals surface area contributed by atoms with Crippen LogP contribution in [0.5, 0.6) is 0 Å². The standard InChI is InChI=1S/C28H41N3O4/c1-21(2)16-17-31(28(3,4)5)26(33)29-19-25(32)24(18-22-12-8-6-9-13-22)30-27(34)35-20-23-14-10-7-11-15-23/h6-15,21,24-25,32H,16-20H2,1-5H3,(H,29,33)(H,30,34)/t24-,25+/m0/s1. The zero-order valence-corrected chi connectivity index (χ0v) is 21.7. The van der Waals surface area contributed by atoms with Crippen molar-refractivity contribution in [2.75, 3.05) is 13.1 Å². The number of nitrogens with one attached hydrogen (secondary N) is 2. The fourth-order valence-corrected chi connectivity index (χ4v) is 3.63. The van der Waals surface area contributed by atoms with Gasteiger partial charge in [0.2, 0.25) is 0 Å². The third-order valence-corrected chi connectivity index (χ3v) is 5.73. The molecule has 192 valence electrons. The number of urea groups is 1. The second-order valence-corrected chi connectivity index (χ2v) is 10.3. The molecule has 35 heavy (non-hydrogen) atoms. The number of nitrogens with zero attached hydrogens (tertiary/aromatic N) is 1. The number of ether oxygens (including phenoxy) is 1. The smallest absolute Gasteiger partial charge is 0.407 e. The molecule has 3 amide bonds. The molecule has 7 heteroatoms. The molecule has 0 aromatic heterocycles. The molecule has 2 rings (SSSR count). The normalized spacial score (nSPS) is 13.1. The van der Waals surface area contributed by atoms with Gasteiger partial charge >= 0.3 is 12.1 Å².